The molecule has 20 heavy (non-hydrogen) atoms. The lowest BCUT2D eigenvalue weighted by molar-refractivity contribution is 0.586. The predicted molar refractivity (Wildman–Crippen MR) is 95.1 cm³/mol. The Morgan fingerprint density at radius 3 is 2.85 bits per heavy atom. The van der Waals surface area contributed by atoms with Gasteiger partial charge in [0.1, 0.15) is 0 Å². The summed E-state index contributed by atoms with van der Waals surface area (Å²) in [5.41, 5.74) is 9.32. The maximum atomic E-state index is 6.37. The molecule has 0 saturated heterocycles. The van der Waals surface area contributed by atoms with Crippen molar-refractivity contribution in [2.24, 2.45) is 5.73 Å². The van der Waals surface area contributed by atoms with E-state index in [0.29, 0.717) is 6.42 Å². The number of nitrogens with zero attached hydrogens (tertiary/aromatic N) is 2. The summed E-state index contributed by atoms with van der Waals surface area (Å²) in [5, 5.41) is 5.16. The molecule has 6 heteroatoms. The van der Waals surface area contributed by atoms with Crippen molar-refractivity contribution < 1.29 is 0 Å². The Morgan fingerprint density at radius 2 is 2.20 bits per heavy atom. The van der Waals surface area contributed by atoms with Gasteiger partial charge in [0.25, 0.3) is 0 Å². The van der Waals surface area contributed by atoms with Gasteiger partial charge in [0.2, 0.25) is 0 Å². The Balaban J connectivity index is 2.32. The van der Waals surface area contributed by atoms with Crippen molar-refractivity contribution in [1.29, 1.82) is 0 Å². The molecule has 0 aliphatic carbocycles. The molecule has 0 amide bonds. The van der Waals surface area contributed by atoms with E-state index in [4.69, 9.17) is 17.3 Å². The smallest absolute Gasteiger partial charge is 0.0847 e. The van der Waals surface area contributed by atoms with E-state index in [-0.39, 0.29) is 6.04 Å². The number of aromatic nitrogens is 2. The molecule has 1 unspecified atom stereocenters. The third-order valence-electron chi connectivity index (χ3n) is 3.22. The third kappa shape index (κ3) is 3.37. The molecule has 1 aromatic heterocycles. The molecule has 108 valence electrons. The molecular weight excluding hydrogens is 452 g/mol. The zero-order valence-corrected chi connectivity index (χ0v) is 15.8. The standard InChI is InChI=1S/C14H16BrClIN3/c1-3-20-13(14(16)8(2)19-20)7-12(18)10-6-9(17)4-5-11(10)15/h4-6,12H,3,7,18H2,1-2H3. The van der Waals surface area contributed by atoms with E-state index < -0.39 is 0 Å². The average molecular weight is 469 g/mol. The highest BCUT2D eigenvalue weighted by Gasteiger charge is 2.18. The van der Waals surface area contributed by atoms with Crippen molar-refractivity contribution in [3.63, 3.8) is 0 Å². The maximum absolute atomic E-state index is 6.37. The molecule has 2 aromatic rings. The number of nitrogens with two attached hydrogens (primary N) is 1. The van der Waals surface area contributed by atoms with Crippen LogP contribution in [0.15, 0.2) is 22.7 Å². The number of hydrogen-bond donors (Lipinski definition) is 1. The zero-order valence-electron chi connectivity index (χ0n) is 11.3. The maximum Gasteiger partial charge on any atom is 0.0847 e. The fourth-order valence-corrected chi connectivity index (χ4v) is 3.45. The minimum absolute atomic E-state index is 0.113. The summed E-state index contributed by atoms with van der Waals surface area (Å²) in [4.78, 5) is 0. The molecule has 0 aliphatic heterocycles. The predicted octanol–water partition coefficient (Wildman–Crippen LogP) is 4.47. The lowest BCUT2D eigenvalue weighted by Crippen LogP contribution is -2.17. The van der Waals surface area contributed by atoms with E-state index >= 15 is 0 Å². The first-order valence-corrected chi connectivity index (χ1v) is 8.61. The van der Waals surface area contributed by atoms with Crippen LogP contribution in [-0.2, 0) is 13.0 Å². The molecule has 2 N–H and O–H groups in total. The molecule has 0 radical (unpaired) electrons. The summed E-state index contributed by atoms with van der Waals surface area (Å²) in [6.07, 6.45) is 0.673. The van der Waals surface area contributed by atoms with Gasteiger partial charge >= 0.3 is 0 Å². The average Bonchev–Trinajstić information content (AvgIpc) is 2.69. The van der Waals surface area contributed by atoms with E-state index in [1.54, 1.807) is 0 Å². The van der Waals surface area contributed by atoms with E-state index in [1.165, 1.54) is 3.57 Å². The van der Waals surface area contributed by atoms with Gasteiger partial charge in [-0.2, -0.15) is 5.10 Å². The second-order valence-corrected chi connectivity index (χ2v) is 7.12. The molecule has 0 fully saturated rings. The fraction of sp³-hybridized carbons (Fsp3) is 0.357. The van der Waals surface area contributed by atoms with E-state index in [9.17, 15) is 0 Å². The highest BCUT2D eigenvalue weighted by molar-refractivity contribution is 14.1. The van der Waals surface area contributed by atoms with Crippen LogP contribution in [0.5, 0.6) is 0 Å². The highest BCUT2D eigenvalue weighted by atomic mass is 127. The van der Waals surface area contributed by atoms with E-state index in [2.05, 4.69) is 56.6 Å². The van der Waals surface area contributed by atoms with Crippen molar-refractivity contribution in [2.75, 3.05) is 0 Å². The normalized spacial score (nSPS) is 12.7. The zero-order chi connectivity index (χ0) is 14.9. The van der Waals surface area contributed by atoms with Gasteiger partial charge in [0.15, 0.2) is 0 Å². The number of halogens is 3. The lowest BCUT2D eigenvalue weighted by atomic mass is 10.0. The second-order valence-electron chi connectivity index (χ2n) is 4.64. The molecule has 3 nitrogen and oxygen atoms in total. The minimum atomic E-state index is -0.113. The van der Waals surface area contributed by atoms with Gasteiger partial charge in [-0.1, -0.05) is 27.5 Å². The monoisotopic (exact) mass is 467 g/mol. The van der Waals surface area contributed by atoms with Crippen molar-refractivity contribution in [3.8, 4) is 0 Å². The molecule has 2 rings (SSSR count). The first-order chi connectivity index (χ1) is 9.43. The minimum Gasteiger partial charge on any atom is -0.324 e. The third-order valence-corrected chi connectivity index (χ3v) is 5.11. The summed E-state index contributed by atoms with van der Waals surface area (Å²) >= 11 is 12.2. The van der Waals surface area contributed by atoms with Gasteiger partial charge in [-0.15, -0.1) is 0 Å². The number of hydrogen-bond acceptors (Lipinski definition) is 2. The van der Waals surface area contributed by atoms with Gasteiger partial charge in [-0.05, 0) is 60.2 Å². The van der Waals surface area contributed by atoms with E-state index in [0.717, 1.165) is 33.0 Å². The molecule has 0 saturated carbocycles. The van der Waals surface area contributed by atoms with E-state index in [1.807, 2.05) is 23.7 Å². The summed E-state index contributed by atoms with van der Waals surface area (Å²) < 4.78 is 4.13. The molecule has 0 spiro atoms. The van der Waals surface area contributed by atoms with Gasteiger partial charge < -0.3 is 5.73 Å². The van der Waals surface area contributed by atoms with Crippen LogP contribution in [0.3, 0.4) is 0 Å². The lowest BCUT2D eigenvalue weighted by Gasteiger charge is -2.15. The first kappa shape index (κ1) is 16.3. The SMILES string of the molecule is CCn1nc(C)c(Cl)c1CC(N)c1cc(I)ccc1Br. The van der Waals surface area contributed by atoms with Crippen LogP contribution in [0.25, 0.3) is 0 Å². The van der Waals surface area contributed by atoms with Gasteiger partial charge in [-0.3, -0.25) is 4.68 Å². The molecule has 0 aliphatic rings. The van der Waals surface area contributed by atoms with Crippen LogP contribution in [0.4, 0.5) is 0 Å². The number of rotatable bonds is 4. The van der Waals surface area contributed by atoms with Crippen molar-refractivity contribution in [2.45, 2.75) is 32.9 Å². The molecule has 1 aromatic carbocycles. The van der Waals surface area contributed by atoms with Crippen LogP contribution in [0.2, 0.25) is 5.02 Å². The van der Waals surface area contributed by atoms with Crippen molar-refractivity contribution in [1.82, 2.24) is 9.78 Å². The Morgan fingerprint density at radius 1 is 1.50 bits per heavy atom. The summed E-state index contributed by atoms with van der Waals surface area (Å²) in [6, 6.07) is 6.07. The fourth-order valence-electron chi connectivity index (χ4n) is 2.18. The summed E-state index contributed by atoms with van der Waals surface area (Å²) in [7, 11) is 0. The summed E-state index contributed by atoms with van der Waals surface area (Å²) in [6.45, 7) is 4.77. The Labute approximate surface area is 146 Å². The second kappa shape index (κ2) is 6.77. The van der Waals surface area contributed by atoms with Crippen LogP contribution < -0.4 is 5.73 Å². The van der Waals surface area contributed by atoms with Crippen LogP contribution in [0.1, 0.15) is 29.9 Å². The van der Waals surface area contributed by atoms with Crippen molar-refractivity contribution >= 4 is 50.1 Å². The first-order valence-electron chi connectivity index (χ1n) is 6.36. The van der Waals surface area contributed by atoms with Crippen LogP contribution >= 0.6 is 50.1 Å². The number of benzene rings is 1. The number of aryl methyl sites for hydroxylation is 2. The Kier molecular flexibility index (Phi) is 5.50. The Hall–Kier alpha value is -0.110. The van der Waals surface area contributed by atoms with Crippen molar-refractivity contribution in [3.05, 3.63) is 48.2 Å². The van der Waals surface area contributed by atoms with Gasteiger partial charge in [0.05, 0.1) is 16.4 Å². The largest absolute Gasteiger partial charge is 0.324 e. The molecular formula is C14H16BrClIN3. The topological polar surface area (TPSA) is 43.8 Å². The quantitative estimate of drug-likeness (QED) is 0.673. The molecule has 1 heterocycles. The highest BCUT2D eigenvalue weighted by Crippen LogP contribution is 2.29. The van der Waals surface area contributed by atoms with Crippen LogP contribution in [0, 0.1) is 10.5 Å². The molecule has 0 bridgehead atoms. The Bertz CT molecular complexity index is 627. The summed E-state index contributed by atoms with van der Waals surface area (Å²) in [5.74, 6) is 0. The van der Waals surface area contributed by atoms with Gasteiger partial charge in [0, 0.05) is 27.1 Å². The van der Waals surface area contributed by atoms with Gasteiger partial charge in [-0.25, -0.2) is 0 Å². The molecule has 1 atom stereocenters. The van der Waals surface area contributed by atoms with Crippen LogP contribution in [-0.4, -0.2) is 9.78 Å².